The van der Waals surface area contributed by atoms with Gasteiger partial charge in [0.25, 0.3) is 0 Å². The summed E-state index contributed by atoms with van der Waals surface area (Å²) in [7, 11) is 0. The molecule has 2 atom stereocenters. The highest BCUT2D eigenvalue weighted by atomic mass is 19.4. The van der Waals surface area contributed by atoms with Crippen LogP contribution in [0.5, 0.6) is 0 Å². The van der Waals surface area contributed by atoms with Gasteiger partial charge in [-0.1, -0.05) is 18.2 Å². The molecule has 182 valence electrons. The van der Waals surface area contributed by atoms with Crippen LogP contribution < -0.4 is 4.90 Å². The predicted octanol–water partition coefficient (Wildman–Crippen LogP) is 3.95. The molecule has 2 aliphatic rings. The topological polar surface area (TPSA) is 83.4 Å². The maximum atomic E-state index is 13.5. The van der Waals surface area contributed by atoms with E-state index in [1.165, 1.54) is 12.1 Å². The molecule has 6 nitrogen and oxygen atoms in total. The number of likely N-dealkylation sites (tertiary alicyclic amines) is 1. The number of aliphatic hydroxyl groups excluding tert-OH is 1. The number of para-hydroxylation sites is 1. The van der Waals surface area contributed by atoms with Crippen LogP contribution in [0.4, 0.5) is 18.9 Å². The molecule has 2 fully saturated rings. The molecular weight excluding hydrogens is 457 g/mol. The van der Waals surface area contributed by atoms with Crippen LogP contribution in [0.1, 0.15) is 23.1 Å². The van der Waals surface area contributed by atoms with Crippen LogP contribution in [0.25, 0.3) is 10.9 Å². The zero-order valence-electron chi connectivity index (χ0n) is 19.0. The maximum Gasteiger partial charge on any atom is 0.417 e. The Morgan fingerprint density at radius 3 is 2.77 bits per heavy atom. The Morgan fingerprint density at radius 2 is 2.03 bits per heavy atom. The molecule has 5 rings (SSSR count). The van der Waals surface area contributed by atoms with Crippen LogP contribution in [0, 0.1) is 22.7 Å². The third-order valence-electron chi connectivity index (χ3n) is 7.61. The normalized spacial score (nSPS) is 22.3. The minimum absolute atomic E-state index is 0.00234. The van der Waals surface area contributed by atoms with E-state index < -0.39 is 22.7 Å². The van der Waals surface area contributed by atoms with Crippen molar-refractivity contribution >= 4 is 22.5 Å². The van der Waals surface area contributed by atoms with Crippen molar-refractivity contribution in [1.29, 1.82) is 5.26 Å². The molecule has 0 radical (unpaired) electrons. The zero-order chi connectivity index (χ0) is 24.8. The average Bonchev–Trinajstić information content (AvgIpc) is 3.44. The van der Waals surface area contributed by atoms with Crippen LogP contribution >= 0.6 is 0 Å². The second kappa shape index (κ2) is 8.61. The van der Waals surface area contributed by atoms with Crippen molar-refractivity contribution in [2.75, 3.05) is 37.7 Å². The Labute approximate surface area is 200 Å². The molecule has 2 aromatic carbocycles. The van der Waals surface area contributed by atoms with Crippen LogP contribution in [-0.2, 0) is 17.4 Å². The van der Waals surface area contributed by atoms with Crippen molar-refractivity contribution < 1.29 is 23.1 Å². The number of hydrogen-bond donors (Lipinski definition) is 2. The Hall–Kier alpha value is -3.51. The number of carbonyl (C=O) groups is 1. The van der Waals surface area contributed by atoms with Gasteiger partial charge in [0, 0.05) is 60.3 Å². The number of halogens is 3. The number of nitrogens with zero attached hydrogens (tertiary/aromatic N) is 3. The van der Waals surface area contributed by atoms with Gasteiger partial charge in [-0.2, -0.15) is 18.4 Å². The largest absolute Gasteiger partial charge is 0.417 e. The number of carbonyl (C=O) groups excluding carboxylic acids is 1. The van der Waals surface area contributed by atoms with Crippen molar-refractivity contribution in [3.05, 3.63) is 65.4 Å². The van der Waals surface area contributed by atoms with Gasteiger partial charge in [-0.15, -0.1) is 0 Å². The van der Waals surface area contributed by atoms with E-state index in [-0.39, 0.29) is 24.9 Å². The van der Waals surface area contributed by atoms with Gasteiger partial charge < -0.3 is 19.9 Å². The summed E-state index contributed by atoms with van der Waals surface area (Å²) in [5.74, 6) is -0.0735. The van der Waals surface area contributed by atoms with E-state index in [1.54, 1.807) is 6.07 Å². The monoisotopic (exact) mass is 482 g/mol. The van der Waals surface area contributed by atoms with E-state index in [4.69, 9.17) is 5.26 Å². The summed E-state index contributed by atoms with van der Waals surface area (Å²) in [5, 5.41) is 20.4. The first-order chi connectivity index (χ1) is 16.7. The van der Waals surface area contributed by atoms with Crippen molar-refractivity contribution in [2.45, 2.75) is 19.0 Å². The molecular formula is C26H25F3N4O2. The maximum absolute atomic E-state index is 13.5. The molecule has 9 heteroatoms. The standard InChI is InChI=1S/C26H25F3N4O2/c27-26(28,29)22-10-20(6-5-17(22)11-30)33-14-19-13-32(8-7-25(19,15-33)16-34)24(35)9-18-12-31-23-4-2-1-3-21(18)23/h1-6,10,12,19,31,34H,7-9,13-16H2/t19-,25+/m1/s1. The molecule has 3 heterocycles. The summed E-state index contributed by atoms with van der Waals surface area (Å²) >= 11 is 0. The number of anilines is 1. The Balaban J connectivity index is 1.34. The number of aromatic nitrogens is 1. The molecule has 2 aliphatic heterocycles. The van der Waals surface area contributed by atoms with Crippen LogP contribution in [-0.4, -0.2) is 53.7 Å². The molecule has 3 aromatic rings. The molecule has 35 heavy (non-hydrogen) atoms. The number of fused-ring (bicyclic) bond motifs is 2. The lowest BCUT2D eigenvalue weighted by molar-refractivity contribution is -0.137. The van der Waals surface area contributed by atoms with Crippen LogP contribution in [0.2, 0.25) is 0 Å². The zero-order valence-corrected chi connectivity index (χ0v) is 19.0. The first-order valence-electron chi connectivity index (χ1n) is 11.5. The molecule has 2 saturated heterocycles. The van der Waals surface area contributed by atoms with E-state index in [0.717, 1.165) is 22.5 Å². The molecule has 1 aromatic heterocycles. The quantitative estimate of drug-likeness (QED) is 0.590. The second-order valence-corrected chi connectivity index (χ2v) is 9.56. The number of piperidine rings is 1. The highest BCUT2D eigenvalue weighted by Gasteiger charge is 2.50. The van der Waals surface area contributed by atoms with E-state index in [0.29, 0.717) is 38.3 Å². The number of hydrogen-bond acceptors (Lipinski definition) is 4. The lowest BCUT2D eigenvalue weighted by atomic mass is 9.73. The van der Waals surface area contributed by atoms with Crippen molar-refractivity contribution in [3.63, 3.8) is 0 Å². The van der Waals surface area contributed by atoms with Crippen molar-refractivity contribution in [3.8, 4) is 6.07 Å². The first kappa shape index (κ1) is 23.2. The Bertz CT molecular complexity index is 1310. The second-order valence-electron chi connectivity index (χ2n) is 9.56. The fourth-order valence-corrected chi connectivity index (χ4v) is 5.58. The van der Waals surface area contributed by atoms with Crippen LogP contribution in [0.15, 0.2) is 48.7 Å². The third kappa shape index (κ3) is 4.12. The minimum atomic E-state index is -4.63. The molecule has 1 amide bonds. The lowest BCUT2D eigenvalue weighted by Crippen LogP contribution is -2.50. The summed E-state index contributed by atoms with van der Waals surface area (Å²) in [6, 6.07) is 13.1. The number of aliphatic hydroxyl groups is 1. The van der Waals surface area contributed by atoms with Gasteiger partial charge in [0.05, 0.1) is 30.2 Å². The number of nitriles is 1. The highest BCUT2D eigenvalue weighted by molar-refractivity contribution is 5.89. The number of alkyl halides is 3. The van der Waals surface area contributed by atoms with E-state index >= 15 is 0 Å². The van der Waals surface area contributed by atoms with Gasteiger partial charge in [0.15, 0.2) is 0 Å². The summed E-state index contributed by atoms with van der Waals surface area (Å²) in [6.07, 6.45) is -1.94. The van der Waals surface area contributed by atoms with Gasteiger partial charge in [-0.25, -0.2) is 0 Å². The minimum Gasteiger partial charge on any atom is -0.396 e. The summed E-state index contributed by atoms with van der Waals surface area (Å²) < 4.78 is 40.4. The number of benzene rings is 2. The molecule has 0 unspecified atom stereocenters. The van der Waals surface area contributed by atoms with Crippen molar-refractivity contribution in [2.24, 2.45) is 11.3 Å². The van der Waals surface area contributed by atoms with Crippen LogP contribution in [0.3, 0.4) is 0 Å². The summed E-state index contributed by atoms with van der Waals surface area (Å²) in [5.41, 5.74) is 0.416. The highest BCUT2D eigenvalue weighted by Crippen LogP contribution is 2.45. The molecule has 0 bridgehead atoms. The molecule has 0 aliphatic carbocycles. The van der Waals surface area contributed by atoms with Crippen molar-refractivity contribution in [1.82, 2.24) is 9.88 Å². The number of aromatic amines is 1. The third-order valence-corrected chi connectivity index (χ3v) is 7.61. The number of amides is 1. The van der Waals surface area contributed by atoms with E-state index in [2.05, 4.69) is 4.98 Å². The fraction of sp³-hybridized carbons (Fsp3) is 0.385. The fourth-order valence-electron chi connectivity index (χ4n) is 5.58. The molecule has 2 N–H and O–H groups in total. The van der Waals surface area contributed by atoms with Gasteiger partial charge >= 0.3 is 6.18 Å². The van der Waals surface area contributed by atoms with Gasteiger partial charge in [0.2, 0.25) is 5.91 Å². The first-order valence-corrected chi connectivity index (χ1v) is 11.5. The molecule has 0 spiro atoms. The SMILES string of the molecule is N#Cc1ccc(N2C[C@H]3CN(C(=O)Cc4c[nH]c5ccccc45)CC[C@@]3(CO)C2)cc1C(F)(F)F. The summed E-state index contributed by atoms with van der Waals surface area (Å²) in [6.45, 7) is 1.68. The number of nitrogens with one attached hydrogen (secondary N) is 1. The number of H-pyrrole nitrogens is 1. The van der Waals surface area contributed by atoms with Gasteiger partial charge in [-0.05, 0) is 36.2 Å². The lowest BCUT2D eigenvalue weighted by Gasteiger charge is -2.42. The van der Waals surface area contributed by atoms with Gasteiger partial charge in [0.1, 0.15) is 0 Å². The summed E-state index contributed by atoms with van der Waals surface area (Å²) in [4.78, 5) is 20.0. The average molecular weight is 483 g/mol. The number of rotatable bonds is 4. The van der Waals surface area contributed by atoms with Gasteiger partial charge in [-0.3, -0.25) is 4.79 Å². The molecule has 0 saturated carbocycles. The Morgan fingerprint density at radius 1 is 1.23 bits per heavy atom. The van der Waals surface area contributed by atoms with E-state index in [1.807, 2.05) is 40.3 Å². The predicted molar refractivity (Wildman–Crippen MR) is 125 cm³/mol. The Kier molecular flexibility index (Phi) is 5.72. The van der Waals surface area contributed by atoms with E-state index in [9.17, 15) is 23.1 Å². The smallest absolute Gasteiger partial charge is 0.396 e.